The summed E-state index contributed by atoms with van der Waals surface area (Å²) in [6, 6.07) is 1.81. The largest absolute Gasteiger partial charge is 0.356 e. The second-order valence-electron chi connectivity index (χ2n) is 6.77. The molecule has 1 aliphatic heterocycles. The standard InChI is InChI=1S/C18H31N7O/c1-15(2)5-9-20-17(19-3)21-10-6-16(26)24-11-13-25(14-12-24)18-22-7-4-8-23-18/h4,7-8,15H,5-6,9-14H2,1-3H3,(H2,19,20,21). The van der Waals surface area contributed by atoms with Crippen LogP contribution in [0.4, 0.5) is 5.95 Å². The minimum atomic E-state index is 0.170. The Morgan fingerprint density at radius 1 is 1.15 bits per heavy atom. The quantitative estimate of drug-likeness (QED) is 0.550. The zero-order chi connectivity index (χ0) is 18.8. The van der Waals surface area contributed by atoms with E-state index in [2.05, 4.69) is 44.3 Å². The second kappa shape index (κ2) is 10.6. The van der Waals surface area contributed by atoms with Crippen molar-refractivity contribution >= 4 is 17.8 Å². The zero-order valence-corrected chi connectivity index (χ0v) is 16.1. The monoisotopic (exact) mass is 361 g/mol. The lowest BCUT2D eigenvalue weighted by Crippen LogP contribution is -2.50. The van der Waals surface area contributed by atoms with Crippen molar-refractivity contribution in [3.63, 3.8) is 0 Å². The zero-order valence-electron chi connectivity index (χ0n) is 16.1. The van der Waals surface area contributed by atoms with Gasteiger partial charge in [-0.15, -0.1) is 0 Å². The van der Waals surface area contributed by atoms with Crippen LogP contribution in [0.3, 0.4) is 0 Å². The molecule has 0 bridgehead atoms. The molecule has 0 atom stereocenters. The highest BCUT2D eigenvalue weighted by atomic mass is 16.2. The highest BCUT2D eigenvalue weighted by Crippen LogP contribution is 2.10. The predicted molar refractivity (Wildman–Crippen MR) is 104 cm³/mol. The molecule has 1 amide bonds. The highest BCUT2D eigenvalue weighted by Gasteiger charge is 2.22. The van der Waals surface area contributed by atoms with Crippen molar-refractivity contribution < 1.29 is 4.79 Å². The van der Waals surface area contributed by atoms with E-state index in [1.165, 1.54) is 0 Å². The van der Waals surface area contributed by atoms with Gasteiger partial charge in [-0.25, -0.2) is 9.97 Å². The van der Waals surface area contributed by atoms with E-state index in [0.717, 1.165) is 38.0 Å². The summed E-state index contributed by atoms with van der Waals surface area (Å²) in [7, 11) is 1.75. The number of rotatable bonds is 7. The lowest BCUT2D eigenvalue weighted by Gasteiger charge is -2.34. The molecule has 0 aliphatic carbocycles. The van der Waals surface area contributed by atoms with Crippen LogP contribution in [0.25, 0.3) is 0 Å². The summed E-state index contributed by atoms with van der Waals surface area (Å²) in [4.78, 5) is 29.1. The van der Waals surface area contributed by atoms with Gasteiger partial charge in [-0.2, -0.15) is 0 Å². The SMILES string of the molecule is CN=C(NCCC(=O)N1CCN(c2ncccn2)CC1)NCCC(C)C. The topological polar surface area (TPSA) is 85.8 Å². The molecule has 26 heavy (non-hydrogen) atoms. The van der Waals surface area contributed by atoms with Gasteiger partial charge in [-0.05, 0) is 18.4 Å². The van der Waals surface area contributed by atoms with Crippen LogP contribution >= 0.6 is 0 Å². The molecular formula is C18H31N7O. The van der Waals surface area contributed by atoms with Crippen molar-refractivity contribution in [2.45, 2.75) is 26.7 Å². The van der Waals surface area contributed by atoms with Crippen LogP contribution in [0, 0.1) is 5.92 Å². The Morgan fingerprint density at radius 3 is 2.42 bits per heavy atom. The van der Waals surface area contributed by atoms with Gasteiger partial charge in [0.15, 0.2) is 5.96 Å². The van der Waals surface area contributed by atoms with Crippen LogP contribution in [0.1, 0.15) is 26.7 Å². The van der Waals surface area contributed by atoms with Gasteiger partial charge in [0.1, 0.15) is 0 Å². The van der Waals surface area contributed by atoms with Crippen LogP contribution in [-0.4, -0.2) is 73.1 Å². The van der Waals surface area contributed by atoms with Crippen LogP contribution in [-0.2, 0) is 4.79 Å². The Hall–Kier alpha value is -2.38. The number of piperazine rings is 1. The van der Waals surface area contributed by atoms with E-state index in [0.29, 0.717) is 32.0 Å². The summed E-state index contributed by atoms with van der Waals surface area (Å²) in [5, 5.41) is 6.48. The molecule has 1 aromatic rings. The number of guanidine groups is 1. The number of hydrogen-bond donors (Lipinski definition) is 2. The Balaban J connectivity index is 1.66. The summed E-state index contributed by atoms with van der Waals surface area (Å²) in [5.41, 5.74) is 0. The van der Waals surface area contributed by atoms with Crippen molar-refractivity contribution in [2.75, 3.05) is 51.2 Å². The normalized spacial score (nSPS) is 15.3. The number of amides is 1. The molecule has 1 aliphatic rings. The van der Waals surface area contributed by atoms with Gasteiger partial charge >= 0.3 is 0 Å². The molecule has 0 saturated carbocycles. The van der Waals surface area contributed by atoms with E-state index in [1.807, 2.05) is 11.0 Å². The number of anilines is 1. The molecular weight excluding hydrogens is 330 g/mol. The van der Waals surface area contributed by atoms with Gasteiger partial charge in [0, 0.05) is 65.1 Å². The molecule has 144 valence electrons. The first-order valence-corrected chi connectivity index (χ1v) is 9.34. The van der Waals surface area contributed by atoms with Crippen molar-refractivity contribution in [3.8, 4) is 0 Å². The first-order valence-electron chi connectivity index (χ1n) is 9.34. The van der Waals surface area contributed by atoms with Gasteiger partial charge in [0.05, 0.1) is 0 Å². The van der Waals surface area contributed by atoms with Crippen LogP contribution in [0.5, 0.6) is 0 Å². The third-order valence-electron chi connectivity index (χ3n) is 4.34. The van der Waals surface area contributed by atoms with Gasteiger partial charge in [0.2, 0.25) is 11.9 Å². The Morgan fingerprint density at radius 2 is 1.81 bits per heavy atom. The third kappa shape index (κ3) is 6.50. The molecule has 2 heterocycles. The highest BCUT2D eigenvalue weighted by molar-refractivity contribution is 5.81. The molecule has 0 radical (unpaired) electrons. The van der Waals surface area contributed by atoms with Gasteiger partial charge in [-0.1, -0.05) is 13.8 Å². The maximum absolute atomic E-state index is 12.4. The number of nitrogens with one attached hydrogen (secondary N) is 2. The number of hydrogen-bond acceptors (Lipinski definition) is 5. The maximum Gasteiger partial charge on any atom is 0.225 e. The number of aliphatic imine (C=N–C) groups is 1. The van der Waals surface area contributed by atoms with E-state index in [-0.39, 0.29) is 5.91 Å². The number of aromatic nitrogens is 2. The number of carbonyl (C=O) groups excluding carboxylic acids is 1. The van der Waals surface area contributed by atoms with Crippen LogP contribution in [0.2, 0.25) is 0 Å². The summed E-state index contributed by atoms with van der Waals surface area (Å²) in [6.45, 7) is 8.80. The maximum atomic E-state index is 12.4. The fourth-order valence-corrected chi connectivity index (χ4v) is 2.76. The van der Waals surface area contributed by atoms with Gasteiger partial charge in [-0.3, -0.25) is 9.79 Å². The van der Waals surface area contributed by atoms with Gasteiger partial charge in [0.25, 0.3) is 0 Å². The number of carbonyl (C=O) groups is 1. The molecule has 0 unspecified atom stereocenters. The Kier molecular flexibility index (Phi) is 8.11. The summed E-state index contributed by atoms with van der Waals surface area (Å²) in [6.07, 6.45) is 5.04. The van der Waals surface area contributed by atoms with E-state index in [1.54, 1.807) is 19.4 Å². The molecule has 8 heteroatoms. The van der Waals surface area contributed by atoms with E-state index in [4.69, 9.17) is 0 Å². The minimum Gasteiger partial charge on any atom is -0.356 e. The lowest BCUT2D eigenvalue weighted by atomic mass is 10.1. The molecule has 0 spiro atoms. The smallest absolute Gasteiger partial charge is 0.225 e. The van der Waals surface area contributed by atoms with E-state index in [9.17, 15) is 4.79 Å². The minimum absolute atomic E-state index is 0.170. The number of nitrogens with zero attached hydrogens (tertiary/aromatic N) is 5. The molecule has 2 N–H and O–H groups in total. The summed E-state index contributed by atoms with van der Waals surface area (Å²) < 4.78 is 0. The molecule has 8 nitrogen and oxygen atoms in total. The van der Waals surface area contributed by atoms with E-state index < -0.39 is 0 Å². The van der Waals surface area contributed by atoms with Crippen LogP contribution in [0.15, 0.2) is 23.5 Å². The average Bonchev–Trinajstić information content (AvgIpc) is 2.67. The molecule has 1 saturated heterocycles. The average molecular weight is 361 g/mol. The fraction of sp³-hybridized carbons (Fsp3) is 0.667. The Bertz CT molecular complexity index is 568. The van der Waals surface area contributed by atoms with Gasteiger partial charge < -0.3 is 20.4 Å². The molecule has 2 rings (SSSR count). The van der Waals surface area contributed by atoms with Crippen molar-refractivity contribution in [3.05, 3.63) is 18.5 Å². The summed E-state index contributed by atoms with van der Waals surface area (Å²) in [5.74, 6) is 2.31. The second-order valence-corrected chi connectivity index (χ2v) is 6.77. The third-order valence-corrected chi connectivity index (χ3v) is 4.34. The lowest BCUT2D eigenvalue weighted by molar-refractivity contribution is -0.131. The van der Waals surface area contributed by atoms with Crippen molar-refractivity contribution in [1.82, 2.24) is 25.5 Å². The Labute approximate surface area is 156 Å². The van der Waals surface area contributed by atoms with Crippen molar-refractivity contribution in [1.29, 1.82) is 0 Å². The first kappa shape index (κ1) is 19.9. The summed E-state index contributed by atoms with van der Waals surface area (Å²) >= 11 is 0. The van der Waals surface area contributed by atoms with E-state index >= 15 is 0 Å². The van der Waals surface area contributed by atoms with Crippen LogP contribution < -0.4 is 15.5 Å². The van der Waals surface area contributed by atoms with Crippen molar-refractivity contribution in [2.24, 2.45) is 10.9 Å². The first-order chi connectivity index (χ1) is 12.6. The predicted octanol–water partition coefficient (Wildman–Crippen LogP) is 0.726. The molecule has 1 fully saturated rings. The molecule has 1 aromatic heterocycles. The fourth-order valence-electron chi connectivity index (χ4n) is 2.76. The molecule has 0 aromatic carbocycles.